The number of rotatable bonds is 5. The number of nitrogens with zero attached hydrogens (tertiary/aromatic N) is 2. The number of hydrazone groups is 1. The first-order valence-corrected chi connectivity index (χ1v) is 8.16. The Morgan fingerprint density at radius 1 is 1.42 bits per heavy atom. The predicted molar refractivity (Wildman–Crippen MR) is 90.8 cm³/mol. The third-order valence-corrected chi connectivity index (χ3v) is 3.78. The van der Waals surface area contributed by atoms with Crippen molar-refractivity contribution in [2.75, 3.05) is 13.7 Å². The summed E-state index contributed by atoms with van der Waals surface area (Å²) in [5.74, 6) is 0.160. The molecule has 0 aromatic heterocycles. The van der Waals surface area contributed by atoms with Crippen molar-refractivity contribution < 1.29 is 18.7 Å². The van der Waals surface area contributed by atoms with Crippen LogP contribution in [0.1, 0.15) is 45.6 Å². The van der Waals surface area contributed by atoms with Gasteiger partial charge < -0.3 is 9.47 Å². The van der Waals surface area contributed by atoms with Crippen LogP contribution in [0.3, 0.4) is 0 Å². The maximum atomic E-state index is 13.5. The monoisotopic (exact) mass is 336 g/mol. The summed E-state index contributed by atoms with van der Waals surface area (Å²) in [5.41, 5.74) is 0.0687. The Labute approximate surface area is 142 Å². The highest BCUT2D eigenvalue weighted by Gasteiger charge is 2.27. The molecule has 0 saturated heterocycles. The van der Waals surface area contributed by atoms with Crippen LogP contribution in [0, 0.1) is 11.7 Å². The first-order valence-electron chi connectivity index (χ1n) is 8.16. The van der Waals surface area contributed by atoms with Crippen molar-refractivity contribution in [3.05, 3.63) is 29.6 Å². The lowest BCUT2D eigenvalue weighted by Gasteiger charge is -2.30. The number of ether oxygens (including phenoxy) is 2. The summed E-state index contributed by atoms with van der Waals surface area (Å²) in [4.78, 5) is 12.3. The SMILES string of the molecule is COc1cc(/C=N/N(CC2CCC2)C(=O)OC(C)(C)C)ccc1F. The van der Waals surface area contributed by atoms with Crippen molar-refractivity contribution in [2.45, 2.75) is 45.6 Å². The molecule has 1 amide bonds. The molecule has 2 rings (SSSR count). The standard InChI is InChI=1S/C18H25FN2O3/c1-18(2,3)24-17(22)21(12-13-6-5-7-13)20-11-14-8-9-15(19)16(10-14)23-4/h8-11,13H,5-7,12H2,1-4H3/b20-11+. The molecule has 0 atom stereocenters. The molecule has 0 unspecified atom stereocenters. The van der Waals surface area contributed by atoms with Crippen LogP contribution in [-0.4, -0.2) is 36.6 Å². The van der Waals surface area contributed by atoms with E-state index in [0.717, 1.165) is 12.8 Å². The molecule has 132 valence electrons. The lowest BCUT2D eigenvalue weighted by molar-refractivity contribution is 0.0199. The van der Waals surface area contributed by atoms with Crippen molar-refractivity contribution in [1.29, 1.82) is 0 Å². The molecule has 0 heterocycles. The largest absolute Gasteiger partial charge is 0.494 e. The zero-order valence-corrected chi connectivity index (χ0v) is 14.7. The highest BCUT2D eigenvalue weighted by molar-refractivity contribution is 5.81. The Morgan fingerprint density at radius 2 is 2.12 bits per heavy atom. The molecular weight excluding hydrogens is 311 g/mol. The normalized spacial score (nSPS) is 15.2. The fourth-order valence-electron chi connectivity index (χ4n) is 2.30. The van der Waals surface area contributed by atoms with Gasteiger partial charge in [-0.15, -0.1) is 0 Å². The van der Waals surface area contributed by atoms with E-state index in [4.69, 9.17) is 9.47 Å². The minimum Gasteiger partial charge on any atom is -0.494 e. The van der Waals surface area contributed by atoms with Gasteiger partial charge in [-0.2, -0.15) is 10.1 Å². The lowest BCUT2D eigenvalue weighted by atomic mass is 9.85. The predicted octanol–water partition coefficient (Wildman–Crippen LogP) is 4.21. The summed E-state index contributed by atoms with van der Waals surface area (Å²) in [6.07, 6.45) is 4.42. The Hall–Kier alpha value is -2.11. The number of hydrogen-bond acceptors (Lipinski definition) is 4. The van der Waals surface area contributed by atoms with Crippen LogP contribution >= 0.6 is 0 Å². The molecule has 1 aromatic carbocycles. The summed E-state index contributed by atoms with van der Waals surface area (Å²) in [6.45, 7) is 5.99. The molecule has 0 N–H and O–H groups in total. The van der Waals surface area contributed by atoms with Gasteiger partial charge in [0.05, 0.1) is 19.9 Å². The quantitative estimate of drug-likeness (QED) is 0.598. The Morgan fingerprint density at radius 3 is 2.67 bits per heavy atom. The second-order valence-electron chi connectivity index (χ2n) is 7.00. The number of hydrogen-bond donors (Lipinski definition) is 0. The van der Waals surface area contributed by atoms with Crippen molar-refractivity contribution in [2.24, 2.45) is 11.0 Å². The molecule has 1 aromatic rings. The Bertz CT molecular complexity index is 607. The maximum absolute atomic E-state index is 13.5. The summed E-state index contributed by atoms with van der Waals surface area (Å²) in [7, 11) is 1.41. The van der Waals surface area contributed by atoms with Crippen molar-refractivity contribution in [3.63, 3.8) is 0 Å². The Balaban J connectivity index is 2.12. The number of halogens is 1. The van der Waals surface area contributed by atoms with Gasteiger partial charge in [-0.05, 0) is 57.2 Å². The van der Waals surface area contributed by atoms with Gasteiger partial charge in [0.2, 0.25) is 0 Å². The lowest BCUT2D eigenvalue weighted by Crippen LogP contribution is -2.38. The van der Waals surface area contributed by atoms with Crippen LogP contribution in [0.2, 0.25) is 0 Å². The van der Waals surface area contributed by atoms with Gasteiger partial charge in [-0.25, -0.2) is 9.18 Å². The highest BCUT2D eigenvalue weighted by atomic mass is 19.1. The van der Waals surface area contributed by atoms with Crippen LogP contribution < -0.4 is 4.74 Å². The van der Waals surface area contributed by atoms with Crippen LogP contribution in [0.25, 0.3) is 0 Å². The molecule has 1 aliphatic carbocycles. The number of amides is 1. The van der Waals surface area contributed by atoms with Gasteiger partial charge in [0, 0.05) is 0 Å². The molecule has 0 radical (unpaired) electrons. The van der Waals surface area contributed by atoms with Gasteiger partial charge in [0.1, 0.15) is 5.60 Å². The molecule has 24 heavy (non-hydrogen) atoms. The molecular formula is C18H25FN2O3. The summed E-state index contributed by atoms with van der Waals surface area (Å²) in [6, 6.07) is 4.43. The summed E-state index contributed by atoms with van der Waals surface area (Å²) < 4.78 is 23.8. The van der Waals surface area contributed by atoms with Crippen LogP contribution in [0.4, 0.5) is 9.18 Å². The van der Waals surface area contributed by atoms with E-state index in [0.29, 0.717) is 18.0 Å². The first-order chi connectivity index (χ1) is 11.3. The maximum Gasteiger partial charge on any atom is 0.430 e. The zero-order chi connectivity index (χ0) is 17.7. The molecule has 0 aliphatic heterocycles. The van der Waals surface area contributed by atoms with Gasteiger partial charge in [0.25, 0.3) is 0 Å². The van der Waals surface area contributed by atoms with Gasteiger partial charge >= 0.3 is 6.09 Å². The fourth-order valence-corrected chi connectivity index (χ4v) is 2.30. The molecule has 1 saturated carbocycles. The van der Waals surface area contributed by atoms with E-state index in [2.05, 4.69) is 5.10 Å². The van der Waals surface area contributed by atoms with E-state index >= 15 is 0 Å². The third-order valence-electron chi connectivity index (χ3n) is 3.78. The summed E-state index contributed by atoms with van der Waals surface area (Å²) >= 11 is 0. The van der Waals surface area contributed by atoms with Gasteiger partial charge in [0.15, 0.2) is 11.6 Å². The second kappa shape index (κ2) is 7.64. The molecule has 1 aliphatic rings. The van der Waals surface area contributed by atoms with E-state index in [1.165, 1.54) is 36.9 Å². The van der Waals surface area contributed by atoms with Crippen molar-refractivity contribution in [1.82, 2.24) is 5.01 Å². The second-order valence-corrected chi connectivity index (χ2v) is 7.00. The fraction of sp³-hybridized carbons (Fsp3) is 0.556. The van der Waals surface area contributed by atoms with Crippen LogP contribution in [-0.2, 0) is 4.74 Å². The molecule has 0 spiro atoms. The van der Waals surface area contributed by atoms with Crippen LogP contribution in [0.5, 0.6) is 5.75 Å². The zero-order valence-electron chi connectivity index (χ0n) is 14.7. The molecule has 6 heteroatoms. The van der Waals surface area contributed by atoms with Gasteiger partial charge in [-0.3, -0.25) is 0 Å². The number of carbonyl (C=O) groups is 1. The molecule has 0 bridgehead atoms. The number of carbonyl (C=O) groups excluding carboxylic acids is 1. The molecule has 5 nitrogen and oxygen atoms in total. The summed E-state index contributed by atoms with van der Waals surface area (Å²) in [5, 5.41) is 5.61. The average Bonchev–Trinajstić information content (AvgIpc) is 2.45. The minimum atomic E-state index is -0.580. The third kappa shape index (κ3) is 5.22. The highest BCUT2D eigenvalue weighted by Crippen LogP contribution is 2.28. The number of methoxy groups -OCH3 is 1. The minimum absolute atomic E-state index is 0.141. The topological polar surface area (TPSA) is 51.1 Å². The first kappa shape index (κ1) is 18.2. The van der Waals surface area contributed by atoms with Gasteiger partial charge in [-0.1, -0.05) is 12.5 Å². The van der Waals surface area contributed by atoms with E-state index in [-0.39, 0.29) is 5.75 Å². The Kier molecular flexibility index (Phi) is 5.80. The van der Waals surface area contributed by atoms with Crippen molar-refractivity contribution in [3.8, 4) is 5.75 Å². The number of benzene rings is 1. The van der Waals surface area contributed by atoms with Crippen molar-refractivity contribution >= 4 is 12.3 Å². The van der Waals surface area contributed by atoms with E-state index in [9.17, 15) is 9.18 Å². The smallest absolute Gasteiger partial charge is 0.430 e. The average molecular weight is 336 g/mol. The molecule has 1 fully saturated rings. The van der Waals surface area contributed by atoms with E-state index in [1.807, 2.05) is 20.8 Å². The van der Waals surface area contributed by atoms with E-state index in [1.54, 1.807) is 6.07 Å². The van der Waals surface area contributed by atoms with E-state index < -0.39 is 17.5 Å². The van der Waals surface area contributed by atoms with Crippen LogP contribution in [0.15, 0.2) is 23.3 Å².